The standard InChI is InChI=1S/C20H14ClFN2O2S2/c21-13-3-6-16(7-4-13)27-12-19(25)24(11-15-2-1-9-26-15)20-23-17-8-5-14(22)10-18(17)28-20/h1-10H,11-12H2. The van der Waals surface area contributed by atoms with Gasteiger partial charge >= 0.3 is 0 Å². The van der Waals surface area contributed by atoms with E-state index in [1.54, 1.807) is 41.5 Å². The quantitative estimate of drug-likeness (QED) is 0.350. The number of aromatic nitrogens is 1. The van der Waals surface area contributed by atoms with Gasteiger partial charge in [-0.05, 0) is 54.6 Å². The lowest BCUT2D eigenvalue weighted by atomic mass is 10.3. The van der Waals surface area contributed by atoms with Crippen LogP contribution in [0.25, 0.3) is 10.2 Å². The second-order valence-electron chi connectivity index (χ2n) is 5.91. The highest BCUT2D eigenvalue weighted by Gasteiger charge is 2.21. The van der Waals surface area contributed by atoms with E-state index < -0.39 is 0 Å². The van der Waals surface area contributed by atoms with Gasteiger partial charge in [-0.25, -0.2) is 9.37 Å². The summed E-state index contributed by atoms with van der Waals surface area (Å²) in [5.41, 5.74) is 0.656. The summed E-state index contributed by atoms with van der Waals surface area (Å²) >= 11 is 8.60. The van der Waals surface area contributed by atoms with Crippen LogP contribution >= 0.6 is 34.7 Å². The first-order valence-electron chi connectivity index (χ1n) is 8.36. The number of rotatable bonds is 6. The Kier molecular flexibility index (Phi) is 5.66. The Bertz CT molecular complexity index is 1100. The minimum Gasteiger partial charge on any atom is -0.467 e. The largest absolute Gasteiger partial charge is 0.467 e. The molecule has 2 heterocycles. The van der Waals surface area contributed by atoms with Crippen molar-refractivity contribution in [3.8, 4) is 0 Å². The summed E-state index contributed by atoms with van der Waals surface area (Å²) in [6.07, 6.45) is 1.56. The predicted octanol–water partition coefficient (Wildman–Crippen LogP) is 6.01. The van der Waals surface area contributed by atoms with Gasteiger partial charge in [0.2, 0.25) is 5.91 Å². The van der Waals surface area contributed by atoms with Crippen molar-refractivity contribution in [3.05, 3.63) is 77.5 Å². The number of carbonyl (C=O) groups is 1. The molecule has 0 aliphatic carbocycles. The monoisotopic (exact) mass is 432 g/mol. The van der Waals surface area contributed by atoms with Crippen LogP contribution in [0, 0.1) is 5.82 Å². The zero-order valence-electron chi connectivity index (χ0n) is 14.5. The van der Waals surface area contributed by atoms with Crippen molar-refractivity contribution >= 4 is 56.0 Å². The van der Waals surface area contributed by atoms with Gasteiger partial charge in [-0.1, -0.05) is 22.9 Å². The lowest BCUT2D eigenvalue weighted by molar-refractivity contribution is -0.116. The highest BCUT2D eigenvalue weighted by Crippen LogP contribution is 2.31. The molecule has 4 rings (SSSR count). The summed E-state index contributed by atoms with van der Waals surface area (Å²) in [5, 5.41) is 1.16. The summed E-state index contributed by atoms with van der Waals surface area (Å²) in [7, 11) is 0. The Hall–Kier alpha value is -2.35. The van der Waals surface area contributed by atoms with Crippen LogP contribution in [-0.2, 0) is 11.3 Å². The number of thioether (sulfide) groups is 1. The smallest absolute Gasteiger partial charge is 0.239 e. The topological polar surface area (TPSA) is 46.3 Å². The van der Waals surface area contributed by atoms with Gasteiger partial charge in [0.25, 0.3) is 0 Å². The summed E-state index contributed by atoms with van der Waals surface area (Å²) in [6, 6.07) is 15.3. The number of halogens is 2. The van der Waals surface area contributed by atoms with E-state index in [-0.39, 0.29) is 24.0 Å². The van der Waals surface area contributed by atoms with Crippen LogP contribution < -0.4 is 4.90 Å². The van der Waals surface area contributed by atoms with E-state index in [0.717, 1.165) is 4.90 Å². The van der Waals surface area contributed by atoms with E-state index in [9.17, 15) is 9.18 Å². The van der Waals surface area contributed by atoms with Crippen LogP contribution in [0.1, 0.15) is 5.76 Å². The molecule has 4 aromatic rings. The normalized spacial score (nSPS) is 11.1. The second-order valence-corrected chi connectivity index (χ2v) is 8.40. The first-order chi connectivity index (χ1) is 13.6. The van der Waals surface area contributed by atoms with Gasteiger partial charge in [-0.2, -0.15) is 0 Å². The molecule has 28 heavy (non-hydrogen) atoms. The van der Waals surface area contributed by atoms with E-state index in [1.807, 2.05) is 12.1 Å². The number of anilines is 1. The maximum Gasteiger partial charge on any atom is 0.239 e. The van der Waals surface area contributed by atoms with Crippen molar-refractivity contribution in [2.24, 2.45) is 0 Å². The molecule has 0 aliphatic heterocycles. The Balaban J connectivity index is 1.58. The van der Waals surface area contributed by atoms with Crippen molar-refractivity contribution in [3.63, 3.8) is 0 Å². The van der Waals surface area contributed by atoms with Gasteiger partial charge in [0, 0.05) is 9.92 Å². The number of carbonyl (C=O) groups excluding carboxylic acids is 1. The van der Waals surface area contributed by atoms with Crippen molar-refractivity contribution in [2.75, 3.05) is 10.7 Å². The fraction of sp³-hybridized carbons (Fsp3) is 0.100. The summed E-state index contributed by atoms with van der Waals surface area (Å²) in [6.45, 7) is 0.259. The maximum absolute atomic E-state index is 13.5. The molecule has 2 aromatic carbocycles. The van der Waals surface area contributed by atoms with E-state index in [0.29, 0.717) is 26.1 Å². The predicted molar refractivity (Wildman–Crippen MR) is 112 cm³/mol. The summed E-state index contributed by atoms with van der Waals surface area (Å²) < 4.78 is 19.6. The fourth-order valence-electron chi connectivity index (χ4n) is 2.58. The van der Waals surface area contributed by atoms with Crippen molar-refractivity contribution in [1.29, 1.82) is 0 Å². The van der Waals surface area contributed by atoms with Crippen LogP contribution in [0.4, 0.5) is 9.52 Å². The van der Waals surface area contributed by atoms with E-state index in [4.69, 9.17) is 16.0 Å². The first kappa shape index (κ1) is 19.0. The van der Waals surface area contributed by atoms with E-state index >= 15 is 0 Å². The van der Waals surface area contributed by atoms with E-state index in [1.165, 1.54) is 35.2 Å². The minimum atomic E-state index is -0.329. The molecule has 0 spiro atoms. The first-order valence-corrected chi connectivity index (χ1v) is 10.5. The van der Waals surface area contributed by atoms with Gasteiger partial charge in [0.1, 0.15) is 11.6 Å². The van der Waals surface area contributed by atoms with Gasteiger partial charge in [0.15, 0.2) is 5.13 Å². The van der Waals surface area contributed by atoms with E-state index in [2.05, 4.69) is 4.98 Å². The zero-order valence-corrected chi connectivity index (χ0v) is 16.9. The van der Waals surface area contributed by atoms with Gasteiger partial charge in [0.05, 0.1) is 28.8 Å². The van der Waals surface area contributed by atoms with Gasteiger partial charge < -0.3 is 4.42 Å². The van der Waals surface area contributed by atoms with Gasteiger partial charge in [-0.3, -0.25) is 9.69 Å². The van der Waals surface area contributed by atoms with Crippen LogP contribution in [0.15, 0.2) is 70.2 Å². The Morgan fingerprint density at radius 3 is 2.79 bits per heavy atom. The average molecular weight is 433 g/mol. The summed E-state index contributed by atoms with van der Waals surface area (Å²) in [5.74, 6) is 0.433. The lowest BCUT2D eigenvalue weighted by Crippen LogP contribution is -2.31. The molecule has 0 radical (unpaired) electrons. The van der Waals surface area contributed by atoms with Crippen molar-refractivity contribution < 1.29 is 13.6 Å². The van der Waals surface area contributed by atoms with Crippen LogP contribution in [0.2, 0.25) is 5.02 Å². The molecule has 0 saturated carbocycles. The number of thiazole rings is 1. The molecule has 0 aliphatic rings. The molecule has 0 unspecified atom stereocenters. The van der Waals surface area contributed by atoms with Crippen LogP contribution in [0.5, 0.6) is 0 Å². The SMILES string of the molecule is O=C(CSc1ccc(Cl)cc1)N(Cc1ccco1)c1nc2ccc(F)cc2s1. The molecule has 0 saturated heterocycles. The van der Waals surface area contributed by atoms with Crippen molar-refractivity contribution in [1.82, 2.24) is 4.98 Å². The summed E-state index contributed by atoms with van der Waals surface area (Å²) in [4.78, 5) is 20.0. The molecular weight excluding hydrogens is 419 g/mol. The Morgan fingerprint density at radius 2 is 2.04 bits per heavy atom. The highest BCUT2D eigenvalue weighted by molar-refractivity contribution is 8.00. The highest BCUT2D eigenvalue weighted by atomic mass is 35.5. The molecule has 0 atom stereocenters. The molecule has 2 aromatic heterocycles. The maximum atomic E-state index is 13.5. The number of nitrogens with zero attached hydrogens (tertiary/aromatic N) is 2. The molecule has 1 amide bonds. The molecule has 0 bridgehead atoms. The number of fused-ring (bicyclic) bond motifs is 1. The number of hydrogen-bond acceptors (Lipinski definition) is 5. The number of benzene rings is 2. The molecule has 4 nitrogen and oxygen atoms in total. The molecule has 0 fully saturated rings. The molecule has 8 heteroatoms. The Labute approximate surface area is 173 Å². The van der Waals surface area contributed by atoms with Crippen LogP contribution in [0.3, 0.4) is 0 Å². The van der Waals surface area contributed by atoms with Gasteiger partial charge in [-0.15, -0.1) is 11.8 Å². The minimum absolute atomic E-state index is 0.115. The molecule has 0 N–H and O–H groups in total. The molecule has 142 valence electrons. The third-order valence-electron chi connectivity index (χ3n) is 3.94. The number of furan rings is 1. The Morgan fingerprint density at radius 1 is 1.21 bits per heavy atom. The lowest BCUT2D eigenvalue weighted by Gasteiger charge is -2.18. The molecular formula is C20H14ClFN2O2S2. The zero-order chi connectivity index (χ0) is 19.5. The number of amides is 1. The average Bonchev–Trinajstić information content (AvgIpc) is 3.34. The third kappa shape index (κ3) is 4.38. The fourth-order valence-corrected chi connectivity index (χ4v) is 4.48. The second kappa shape index (κ2) is 8.34. The third-order valence-corrected chi connectivity index (χ3v) is 6.23. The van der Waals surface area contributed by atoms with Crippen molar-refractivity contribution in [2.45, 2.75) is 11.4 Å². The number of hydrogen-bond donors (Lipinski definition) is 0. The van der Waals surface area contributed by atoms with Crippen LogP contribution in [-0.4, -0.2) is 16.6 Å².